The summed E-state index contributed by atoms with van der Waals surface area (Å²) in [5.74, 6) is 0.715. The average molecular weight is 436 g/mol. The Morgan fingerprint density at radius 2 is 2.00 bits per heavy atom. The van der Waals surface area contributed by atoms with Crippen LogP contribution in [0.2, 0.25) is 0 Å². The number of urea groups is 1. The molecule has 7 nitrogen and oxygen atoms in total. The molecule has 1 aliphatic rings. The number of nitrogens with zero attached hydrogens (tertiary/aromatic N) is 1. The van der Waals surface area contributed by atoms with Gasteiger partial charge in [-0.1, -0.05) is 12.1 Å². The summed E-state index contributed by atoms with van der Waals surface area (Å²) in [6, 6.07) is 12.8. The molecule has 1 aliphatic heterocycles. The van der Waals surface area contributed by atoms with E-state index in [1.54, 1.807) is 36.3 Å². The van der Waals surface area contributed by atoms with Crippen LogP contribution >= 0.6 is 0 Å². The smallest absolute Gasteiger partial charge is 0.322 e. The second kappa shape index (κ2) is 9.44. The zero-order valence-electron chi connectivity index (χ0n) is 18.7. The number of amides is 2. The monoisotopic (exact) mass is 435 g/mol. The number of aromatic amines is 1. The molecule has 1 saturated heterocycles. The van der Waals surface area contributed by atoms with Crippen molar-refractivity contribution in [1.29, 1.82) is 0 Å². The summed E-state index contributed by atoms with van der Waals surface area (Å²) in [6.45, 7) is 5.34. The van der Waals surface area contributed by atoms with Gasteiger partial charge in [0.25, 0.3) is 5.56 Å². The molecular weight excluding hydrogens is 406 g/mol. The first kappa shape index (κ1) is 21.9. The van der Waals surface area contributed by atoms with Gasteiger partial charge in [-0.05, 0) is 73.5 Å². The third kappa shape index (κ3) is 4.78. The van der Waals surface area contributed by atoms with E-state index in [-0.39, 0.29) is 24.2 Å². The molecule has 1 atom stereocenters. The number of fused-ring (bicyclic) bond motifs is 1. The first-order valence-corrected chi connectivity index (χ1v) is 10.9. The highest BCUT2D eigenvalue weighted by Crippen LogP contribution is 2.21. The number of anilines is 1. The molecule has 2 heterocycles. The van der Waals surface area contributed by atoms with Gasteiger partial charge in [0, 0.05) is 24.4 Å². The second-order valence-corrected chi connectivity index (χ2v) is 8.27. The SMILES string of the molecule is COc1ccc(NC(=O)N(Cc2cc3ccc(C)c(C)c3[nH]c2=O)CC2CCCO2)cc1. The van der Waals surface area contributed by atoms with Crippen LogP contribution in [0.3, 0.4) is 0 Å². The fourth-order valence-electron chi connectivity index (χ4n) is 4.02. The van der Waals surface area contributed by atoms with Crippen molar-refractivity contribution < 1.29 is 14.3 Å². The van der Waals surface area contributed by atoms with E-state index in [4.69, 9.17) is 9.47 Å². The maximum atomic E-state index is 13.1. The fourth-order valence-corrected chi connectivity index (χ4v) is 4.02. The Labute approximate surface area is 187 Å². The lowest BCUT2D eigenvalue weighted by molar-refractivity contribution is 0.0818. The quantitative estimate of drug-likeness (QED) is 0.602. The minimum atomic E-state index is -0.273. The van der Waals surface area contributed by atoms with Gasteiger partial charge in [-0.2, -0.15) is 0 Å². The molecule has 3 aromatic rings. The molecule has 168 valence electrons. The summed E-state index contributed by atoms with van der Waals surface area (Å²) in [6.07, 6.45) is 1.85. The molecule has 2 N–H and O–H groups in total. The number of nitrogens with one attached hydrogen (secondary N) is 2. The Morgan fingerprint density at radius 1 is 1.22 bits per heavy atom. The van der Waals surface area contributed by atoms with Crippen molar-refractivity contribution in [3.05, 3.63) is 69.5 Å². The Kier molecular flexibility index (Phi) is 6.46. The third-order valence-corrected chi connectivity index (χ3v) is 6.07. The molecular formula is C25H29N3O4. The number of aromatic nitrogens is 1. The van der Waals surface area contributed by atoms with Crippen LogP contribution in [-0.2, 0) is 11.3 Å². The topological polar surface area (TPSA) is 83.7 Å². The van der Waals surface area contributed by atoms with E-state index < -0.39 is 0 Å². The third-order valence-electron chi connectivity index (χ3n) is 6.07. The predicted octanol–water partition coefficient (Wildman–Crippen LogP) is 4.37. The number of carbonyl (C=O) groups excluding carboxylic acids is 1. The number of carbonyl (C=O) groups is 1. The van der Waals surface area contributed by atoms with Crippen molar-refractivity contribution in [2.75, 3.05) is 25.6 Å². The van der Waals surface area contributed by atoms with Crippen LogP contribution in [-0.4, -0.2) is 42.3 Å². The van der Waals surface area contributed by atoms with Crippen molar-refractivity contribution >= 4 is 22.6 Å². The number of methoxy groups -OCH3 is 1. The lowest BCUT2D eigenvalue weighted by Gasteiger charge is -2.26. The van der Waals surface area contributed by atoms with Crippen molar-refractivity contribution in [2.24, 2.45) is 0 Å². The van der Waals surface area contributed by atoms with Crippen LogP contribution in [0.15, 0.2) is 47.3 Å². The molecule has 2 amide bonds. The molecule has 0 saturated carbocycles. The van der Waals surface area contributed by atoms with E-state index in [0.717, 1.165) is 34.9 Å². The average Bonchev–Trinajstić information content (AvgIpc) is 3.30. The second-order valence-electron chi connectivity index (χ2n) is 8.27. The molecule has 32 heavy (non-hydrogen) atoms. The van der Waals surface area contributed by atoms with Crippen molar-refractivity contribution in [3.8, 4) is 5.75 Å². The number of rotatable bonds is 6. The highest BCUT2D eigenvalue weighted by molar-refractivity contribution is 5.89. The van der Waals surface area contributed by atoms with E-state index in [2.05, 4.69) is 10.3 Å². The summed E-state index contributed by atoms with van der Waals surface area (Å²) in [4.78, 5) is 30.7. The van der Waals surface area contributed by atoms with Gasteiger partial charge < -0.3 is 24.7 Å². The highest BCUT2D eigenvalue weighted by atomic mass is 16.5. The van der Waals surface area contributed by atoms with Gasteiger partial charge >= 0.3 is 6.03 Å². The summed E-state index contributed by atoms with van der Waals surface area (Å²) < 4.78 is 10.9. The molecule has 1 aromatic heterocycles. The number of hydrogen-bond donors (Lipinski definition) is 2. The fraction of sp³-hybridized carbons (Fsp3) is 0.360. The maximum Gasteiger partial charge on any atom is 0.322 e. The minimum absolute atomic E-state index is 0.0268. The molecule has 4 rings (SSSR count). The van der Waals surface area contributed by atoms with Crippen molar-refractivity contribution in [2.45, 2.75) is 39.3 Å². The Hall–Kier alpha value is -3.32. The Morgan fingerprint density at radius 3 is 2.69 bits per heavy atom. The van der Waals surface area contributed by atoms with Crippen LogP contribution in [0.5, 0.6) is 5.75 Å². The summed E-state index contributed by atoms with van der Waals surface area (Å²) >= 11 is 0. The summed E-state index contributed by atoms with van der Waals surface area (Å²) in [5.41, 5.74) is 4.04. The van der Waals surface area contributed by atoms with Crippen molar-refractivity contribution in [1.82, 2.24) is 9.88 Å². The van der Waals surface area contributed by atoms with Gasteiger partial charge in [0.05, 0.1) is 25.3 Å². The van der Waals surface area contributed by atoms with Gasteiger partial charge in [0.2, 0.25) is 0 Å². The van der Waals surface area contributed by atoms with E-state index in [0.29, 0.717) is 30.2 Å². The molecule has 0 aliphatic carbocycles. The number of ether oxygens (including phenoxy) is 2. The molecule has 7 heteroatoms. The van der Waals surface area contributed by atoms with Crippen LogP contribution in [0, 0.1) is 13.8 Å². The van der Waals surface area contributed by atoms with Crippen LogP contribution in [0.1, 0.15) is 29.5 Å². The highest BCUT2D eigenvalue weighted by Gasteiger charge is 2.24. The molecule has 1 unspecified atom stereocenters. The first-order valence-electron chi connectivity index (χ1n) is 10.9. The zero-order valence-corrected chi connectivity index (χ0v) is 18.7. The van der Waals surface area contributed by atoms with Gasteiger partial charge in [0.15, 0.2) is 0 Å². The maximum absolute atomic E-state index is 13.1. The van der Waals surface area contributed by atoms with E-state index in [1.807, 2.05) is 32.0 Å². The van der Waals surface area contributed by atoms with E-state index in [9.17, 15) is 9.59 Å². The molecule has 0 spiro atoms. The van der Waals surface area contributed by atoms with Gasteiger partial charge in [0.1, 0.15) is 5.75 Å². The Balaban J connectivity index is 1.59. The summed E-state index contributed by atoms with van der Waals surface area (Å²) in [5, 5.41) is 3.88. The lowest BCUT2D eigenvalue weighted by atomic mass is 10.0. The number of hydrogen-bond acceptors (Lipinski definition) is 4. The van der Waals surface area contributed by atoms with E-state index >= 15 is 0 Å². The predicted molar refractivity (Wildman–Crippen MR) is 125 cm³/mol. The largest absolute Gasteiger partial charge is 0.497 e. The number of benzene rings is 2. The minimum Gasteiger partial charge on any atom is -0.497 e. The van der Waals surface area contributed by atoms with Crippen LogP contribution < -0.4 is 15.6 Å². The van der Waals surface area contributed by atoms with Gasteiger partial charge in [-0.15, -0.1) is 0 Å². The number of pyridine rings is 1. The molecule has 0 radical (unpaired) electrons. The number of H-pyrrole nitrogens is 1. The van der Waals surface area contributed by atoms with Gasteiger partial charge in [-0.3, -0.25) is 4.79 Å². The van der Waals surface area contributed by atoms with Crippen LogP contribution in [0.4, 0.5) is 10.5 Å². The van der Waals surface area contributed by atoms with Crippen LogP contribution in [0.25, 0.3) is 10.9 Å². The summed E-state index contributed by atoms with van der Waals surface area (Å²) in [7, 11) is 1.60. The van der Waals surface area contributed by atoms with Crippen molar-refractivity contribution in [3.63, 3.8) is 0 Å². The molecule has 2 aromatic carbocycles. The zero-order chi connectivity index (χ0) is 22.7. The first-order chi connectivity index (χ1) is 15.4. The Bertz CT molecular complexity index is 1160. The molecule has 1 fully saturated rings. The van der Waals surface area contributed by atoms with E-state index in [1.165, 1.54) is 0 Å². The lowest BCUT2D eigenvalue weighted by Crippen LogP contribution is -2.40. The number of aryl methyl sites for hydroxylation is 2. The standard InChI is InChI=1S/C25H29N3O4/c1-16-6-7-18-13-19(24(29)27-23(18)17(16)2)14-28(15-22-5-4-12-32-22)25(30)26-20-8-10-21(31-3)11-9-20/h6-11,13,22H,4-5,12,14-15H2,1-3H3,(H,26,30)(H,27,29). The van der Waals surface area contributed by atoms with Gasteiger partial charge in [-0.25, -0.2) is 4.79 Å². The molecule has 0 bridgehead atoms. The normalized spacial score (nSPS) is 15.7.